The topological polar surface area (TPSA) is 150 Å². The second-order valence-corrected chi connectivity index (χ2v) is 14.8. The Morgan fingerprint density at radius 2 is 1.64 bits per heavy atom. The molecule has 5 aromatic rings. The lowest BCUT2D eigenvalue weighted by Crippen LogP contribution is -2.52. The number of benzene rings is 3. The summed E-state index contributed by atoms with van der Waals surface area (Å²) in [6.45, 7) is 5.39. The third-order valence-corrected chi connectivity index (χ3v) is 11.3. The highest BCUT2D eigenvalue weighted by molar-refractivity contribution is 6.25. The maximum Gasteiger partial charge on any atom is 0.264 e. The molecule has 2 aliphatic heterocycles. The Kier molecular flexibility index (Phi) is 10.0. The molecule has 8 rings (SSSR count). The van der Waals surface area contributed by atoms with Crippen LogP contribution in [0.3, 0.4) is 0 Å². The molecule has 12 heteroatoms. The number of carbonyl (C=O) groups excluding carboxylic acids is 4. The fourth-order valence-corrected chi connectivity index (χ4v) is 8.24. The van der Waals surface area contributed by atoms with Crippen molar-refractivity contribution in [1.82, 2.24) is 30.1 Å². The molecule has 0 radical (unpaired) electrons. The van der Waals surface area contributed by atoms with Gasteiger partial charge in [0.1, 0.15) is 11.9 Å². The van der Waals surface area contributed by atoms with E-state index in [2.05, 4.69) is 46.3 Å². The molecular formula is C43H46N8O4. The monoisotopic (exact) mass is 738 g/mol. The molecule has 1 unspecified atom stereocenters. The van der Waals surface area contributed by atoms with E-state index in [4.69, 9.17) is 4.98 Å². The highest BCUT2D eigenvalue weighted by Gasteiger charge is 2.44. The Morgan fingerprint density at radius 1 is 0.891 bits per heavy atom. The molecule has 3 aromatic carbocycles. The van der Waals surface area contributed by atoms with Gasteiger partial charge in [-0.15, -0.1) is 0 Å². The molecule has 4 heterocycles. The zero-order valence-corrected chi connectivity index (χ0v) is 31.2. The van der Waals surface area contributed by atoms with Gasteiger partial charge in [-0.1, -0.05) is 56.3 Å². The van der Waals surface area contributed by atoms with Crippen LogP contribution in [0.4, 0.5) is 11.5 Å². The van der Waals surface area contributed by atoms with Crippen LogP contribution in [0.1, 0.15) is 107 Å². The van der Waals surface area contributed by atoms with E-state index in [9.17, 15) is 19.2 Å². The number of amides is 4. The standard InChI is InChI=1S/C43H46N8O4/c1-3-27(4-2)35-24-38(51-37(49-35)20-22-46-51)47-31-18-19-32(23-31)48-40(52)30-16-14-29(15-17-30)28-12-10-26(11-13-28)25-45-34-8-5-7-33-39(34)43(55)50(42(33)54)36-9-6-21-44-41(36)53/h5,7-8,10-17,20,22,24,27,31-32,36,45,47H,3-4,6,9,18-19,21,23,25H2,1-2H3,(H,44,53)(H,48,52)/t31-,32-,36?/m0/s1. The third kappa shape index (κ3) is 7.16. The van der Waals surface area contributed by atoms with Crippen LogP contribution in [-0.2, 0) is 11.3 Å². The number of nitrogens with one attached hydrogen (secondary N) is 4. The largest absolute Gasteiger partial charge is 0.380 e. The lowest BCUT2D eigenvalue weighted by molar-refractivity contribution is -0.126. The number of piperidine rings is 1. The van der Waals surface area contributed by atoms with E-state index in [-0.39, 0.29) is 23.9 Å². The molecule has 3 aliphatic rings. The van der Waals surface area contributed by atoms with E-state index in [0.717, 1.165) is 70.9 Å². The number of rotatable bonds is 12. The number of anilines is 2. The zero-order chi connectivity index (χ0) is 38.1. The van der Waals surface area contributed by atoms with Crippen molar-refractivity contribution in [3.05, 3.63) is 113 Å². The second-order valence-electron chi connectivity index (χ2n) is 14.8. The highest BCUT2D eigenvalue weighted by Crippen LogP contribution is 2.33. The van der Waals surface area contributed by atoms with Crippen molar-refractivity contribution in [2.24, 2.45) is 0 Å². The van der Waals surface area contributed by atoms with Crippen molar-refractivity contribution in [2.75, 3.05) is 17.2 Å². The van der Waals surface area contributed by atoms with Crippen molar-refractivity contribution in [2.45, 2.75) is 89.4 Å². The van der Waals surface area contributed by atoms with Crippen LogP contribution in [0.15, 0.2) is 85.1 Å². The maximum atomic E-state index is 13.4. The van der Waals surface area contributed by atoms with Gasteiger partial charge in [-0.2, -0.15) is 9.61 Å². The number of hydrogen-bond acceptors (Lipinski definition) is 8. The summed E-state index contributed by atoms with van der Waals surface area (Å²) in [7, 11) is 0. The van der Waals surface area contributed by atoms with Crippen LogP contribution in [0.2, 0.25) is 0 Å². The molecule has 1 saturated carbocycles. The van der Waals surface area contributed by atoms with Gasteiger partial charge in [0.15, 0.2) is 5.65 Å². The minimum atomic E-state index is -0.783. The fraction of sp³-hybridized carbons (Fsp3) is 0.349. The normalized spacial score (nSPS) is 19.5. The number of hydrogen-bond donors (Lipinski definition) is 4. The maximum absolute atomic E-state index is 13.4. The van der Waals surface area contributed by atoms with Gasteiger partial charge in [-0.3, -0.25) is 24.1 Å². The number of imide groups is 1. The predicted octanol–water partition coefficient (Wildman–Crippen LogP) is 6.55. The molecule has 4 amide bonds. The summed E-state index contributed by atoms with van der Waals surface area (Å²) in [6, 6.07) is 24.5. The molecule has 1 aliphatic carbocycles. The van der Waals surface area contributed by atoms with Crippen LogP contribution >= 0.6 is 0 Å². The number of aromatic nitrogens is 3. The van der Waals surface area contributed by atoms with E-state index in [1.165, 1.54) is 0 Å². The molecule has 1 saturated heterocycles. The summed E-state index contributed by atoms with van der Waals surface area (Å²) in [5, 5.41) is 17.5. The molecule has 0 spiro atoms. The Labute approximate surface area is 320 Å². The quantitative estimate of drug-likeness (QED) is 0.105. The lowest BCUT2D eigenvalue weighted by Gasteiger charge is -2.28. The van der Waals surface area contributed by atoms with Crippen LogP contribution in [0, 0.1) is 0 Å². The number of nitrogens with zero attached hydrogens (tertiary/aromatic N) is 4. The van der Waals surface area contributed by atoms with Gasteiger partial charge in [0.25, 0.3) is 17.7 Å². The Bertz CT molecular complexity index is 2250. The highest BCUT2D eigenvalue weighted by atomic mass is 16.2. The molecule has 2 fully saturated rings. The zero-order valence-electron chi connectivity index (χ0n) is 31.2. The van der Waals surface area contributed by atoms with Gasteiger partial charge in [-0.05, 0) is 85.9 Å². The summed E-state index contributed by atoms with van der Waals surface area (Å²) >= 11 is 0. The summed E-state index contributed by atoms with van der Waals surface area (Å²) < 4.78 is 1.86. The molecule has 55 heavy (non-hydrogen) atoms. The minimum Gasteiger partial charge on any atom is -0.380 e. The number of carbonyl (C=O) groups is 4. The van der Waals surface area contributed by atoms with Gasteiger partial charge < -0.3 is 21.3 Å². The predicted molar refractivity (Wildman–Crippen MR) is 211 cm³/mol. The van der Waals surface area contributed by atoms with E-state index >= 15 is 0 Å². The minimum absolute atomic E-state index is 0.0761. The first-order valence-corrected chi connectivity index (χ1v) is 19.4. The van der Waals surface area contributed by atoms with Gasteiger partial charge in [-0.25, -0.2) is 4.98 Å². The van der Waals surface area contributed by atoms with Crippen molar-refractivity contribution < 1.29 is 19.2 Å². The average Bonchev–Trinajstić information content (AvgIpc) is 3.93. The molecule has 12 nitrogen and oxygen atoms in total. The number of fused-ring (bicyclic) bond motifs is 2. The van der Waals surface area contributed by atoms with Crippen molar-refractivity contribution >= 4 is 40.8 Å². The molecule has 0 bridgehead atoms. The molecular weight excluding hydrogens is 693 g/mol. The Hall–Kier alpha value is -6.04. The first-order chi connectivity index (χ1) is 26.8. The molecule has 4 N–H and O–H groups in total. The summed E-state index contributed by atoms with van der Waals surface area (Å²) in [6.07, 6.45) is 7.71. The van der Waals surface area contributed by atoms with Crippen LogP contribution in [0.25, 0.3) is 16.8 Å². The SMILES string of the molecule is CCC(CC)c1cc(N[C@H]2CC[C@H](NC(=O)c3ccc(-c4ccc(CNc5cccc6c5C(=O)N(C5CCCNC5=O)C6=O)cc4)cc3)C2)n2nccc2n1. The van der Waals surface area contributed by atoms with Crippen LogP contribution in [0.5, 0.6) is 0 Å². The van der Waals surface area contributed by atoms with Crippen molar-refractivity contribution in [3.63, 3.8) is 0 Å². The van der Waals surface area contributed by atoms with Gasteiger partial charge in [0.2, 0.25) is 5.91 Å². The Morgan fingerprint density at radius 3 is 2.38 bits per heavy atom. The molecule has 2 aromatic heterocycles. The van der Waals surface area contributed by atoms with Gasteiger partial charge >= 0.3 is 0 Å². The lowest BCUT2D eigenvalue weighted by atomic mass is 9.99. The third-order valence-electron chi connectivity index (χ3n) is 11.3. The van der Waals surface area contributed by atoms with E-state index < -0.39 is 17.9 Å². The fourth-order valence-electron chi connectivity index (χ4n) is 8.24. The first-order valence-electron chi connectivity index (χ1n) is 19.4. The second kappa shape index (κ2) is 15.4. The molecule has 282 valence electrons. The smallest absolute Gasteiger partial charge is 0.264 e. The van der Waals surface area contributed by atoms with Crippen molar-refractivity contribution in [1.29, 1.82) is 0 Å². The van der Waals surface area contributed by atoms with E-state index in [1.54, 1.807) is 24.4 Å². The first kappa shape index (κ1) is 36.0. The Balaban J connectivity index is 0.856. The van der Waals surface area contributed by atoms with Gasteiger partial charge in [0.05, 0.1) is 17.3 Å². The van der Waals surface area contributed by atoms with E-state index in [1.807, 2.05) is 59.1 Å². The average molecular weight is 739 g/mol. The summed E-state index contributed by atoms with van der Waals surface area (Å²) in [4.78, 5) is 58.3. The van der Waals surface area contributed by atoms with Crippen LogP contribution in [-0.4, -0.2) is 67.8 Å². The summed E-state index contributed by atoms with van der Waals surface area (Å²) in [5.74, 6) is 0.116. The van der Waals surface area contributed by atoms with Crippen molar-refractivity contribution in [3.8, 4) is 11.1 Å². The van der Waals surface area contributed by atoms with Crippen LogP contribution < -0.4 is 21.3 Å². The summed E-state index contributed by atoms with van der Waals surface area (Å²) in [5.41, 5.74) is 6.73. The molecule has 3 atom stereocenters. The van der Waals surface area contributed by atoms with E-state index in [0.29, 0.717) is 54.2 Å². The van der Waals surface area contributed by atoms with Gasteiger partial charge in [0, 0.05) is 60.2 Å².